The summed E-state index contributed by atoms with van der Waals surface area (Å²) in [7, 11) is 0. The quantitative estimate of drug-likeness (QED) is 0.0865. The van der Waals surface area contributed by atoms with E-state index in [2.05, 4.69) is 15.6 Å². The number of aliphatic imine (C=N–C) groups is 1. The van der Waals surface area contributed by atoms with Crippen LogP contribution in [0.2, 0.25) is 0 Å². The fraction of sp³-hybridized carbons (Fsp3) is 0.667. The normalized spacial score (nSPS) is 18.2. The lowest BCUT2D eigenvalue weighted by molar-refractivity contribution is -0.143. The first-order chi connectivity index (χ1) is 14.9. The van der Waals surface area contributed by atoms with Crippen molar-refractivity contribution in [2.75, 3.05) is 13.1 Å². The monoisotopic (exact) mass is 456 g/mol. The third-order valence-electron chi connectivity index (χ3n) is 4.89. The highest BCUT2D eigenvalue weighted by Gasteiger charge is 2.37. The van der Waals surface area contributed by atoms with Gasteiger partial charge in [-0.25, -0.2) is 0 Å². The number of amides is 4. The van der Waals surface area contributed by atoms with Crippen molar-refractivity contribution in [2.24, 2.45) is 27.9 Å². The number of rotatable bonds is 12. The molecule has 0 aromatic carbocycles. The predicted octanol–water partition coefficient (Wildman–Crippen LogP) is -3.69. The second kappa shape index (κ2) is 12.4. The van der Waals surface area contributed by atoms with Crippen LogP contribution in [0.15, 0.2) is 4.99 Å². The van der Waals surface area contributed by atoms with E-state index < -0.39 is 60.2 Å². The molecule has 0 saturated carbocycles. The first kappa shape index (κ1) is 26.6. The maximum Gasteiger partial charge on any atom is 0.325 e. The van der Waals surface area contributed by atoms with Crippen LogP contribution in [0.5, 0.6) is 0 Å². The maximum absolute atomic E-state index is 12.8. The number of hydrogen-bond acceptors (Lipinski definition) is 7. The Morgan fingerprint density at radius 1 is 1.16 bits per heavy atom. The van der Waals surface area contributed by atoms with Gasteiger partial charge < -0.3 is 43.6 Å². The minimum atomic E-state index is -1.38. The molecule has 32 heavy (non-hydrogen) atoms. The smallest absolute Gasteiger partial charge is 0.325 e. The van der Waals surface area contributed by atoms with Gasteiger partial charge in [0, 0.05) is 13.1 Å². The lowest BCUT2D eigenvalue weighted by atomic mass is 10.1. The Bertz CT molecular complexity index is 754. The van der Waals surface area contributed by atoms with Crippen molar-refractivity contribution in [1.82, 2.24) is 15.5 Å². The van der Waals surface area contributed by atoms with Crippen LogP contribution in [-0.4, -0.2) is 82.8 Å². The zero-order valence-corrected chi connectivity index (χ0v) is 18.0. The van der Waals surface area contributed by atoms with Crippen LogP contribution in [0.3, 0.4) is 0 Å². The van der Waals surface area contributed by atoms with Crippen LogP contribution in [0.25, 0.3) is 0 Å². The number of primary amides is 1. The summed E-state index contributed by atoms with van der Waals surface area (Å²) in [4.78, 5) is 65.3. The third-order valence-corrected chi connectivity index (χ3v) is 4.89. The lowest BCUT2D eigenvalue weighted by Gasteiger charge is -2.28. The second-order valence-electron chi connectivity index (χ2n) is 7.55. The largest absolute Gasteiger partial charge is 0.480 e. The maximum atomic E-state index is 12.8. The van der Waals surface area contributed by atoms with Crippen molar-refractivity contribution in [3.8, 4) is 0 Å². The van der Waals surface area contributed by atoms with Crippen molar-refractivity contribution in [1.29, 1.82) is 0 Å². The van der Waals surface area contributed by atoms with E-state index in [1.54, 1.807) is 0 Å². The van der Waals surface area contributed by atoms with Crippen molar-refractivity contribution >= 4 is 35.6 Å². The summed E-state index contributed by atoms with van der Waals surface area (Å²) >= 11 is 0. The topological polar surface area (TPSA) is 249 Å². The van der Waals surface area contributed by atoms with Crippen molar-refractivity contribution in [2.45, 2.75) is 63.2 Å². The Kier molecular flexibility index (Phi) is 10.3. The molecule has 0 radical (unpaired) electrons. The predicted molar refractivity (Wildman–Crippen MR) is 114 cm³/mol. The standard InChI is InChI=1S/C18H32N8O6/c1-9(17(31)32)24-14(28)11(8-13(20)27)25-15(29)12-5-3-7-26(12)16(30)10(19)4-2-6-23-18(21)22/h9-12H,2-8,19H2,1H3,(H2,20,27)(H,24,28)(H,25,29)(H,31,32)(H4,21,22,23). The van der Waals surface area contributed by atoms with E-state index in [0.717, 1.165) is 0 Å². The van der Waals surface area contributed by atoms with Gasteiger partial charge in [0.1, 0.15) is 18.1 Å². The SMILES string of the molecule is CC(NC(=O)C(CC(N)=O)NC(=O)C1CCCN1C(=O)C(N)CCCN=C(N)N)C(=O)O. The number of carboxylic acid groups (broad SMARTS) is 1. The van der Waals surface area contributed by atoms with Crippen molar-refractivity contribution in [3.63, 3.8) is 0 Å². The molecule has 180 valence electrons. The van der Waals surface area contributed by atoms with Gasteiger partial charge in [-0.15, -0.1) is 0 Å². The summed E-state index contributed by atoms with van der Waals surface area (Å²) in [5, 5.41) is 13.5. The van der Waals surface area contributed by atoms with Gasteiger partial charge in [0.05, 0.1) is 12.5 Å². The molecule has 1 rings (SSSR count). The number of hydrogen-bond donors (Lipinski definition) is 7. The molecular formula is C18H32N8O6. The molecule has 1 aliphatic heterocycles. The minimum Gasteiger partial charge on any atom is -0.480 e. The van der Waals surface area contributed by atoms with E-state index in [1.807, 2.05) is 0 Å². The molecule has 11 N–H and O–H groups in total. The molecule has 4 unspecified atom stereocenters. The zero-order valence-electron chi connectivity index (χ0n) is 18.0. The van der Waals surface area contributed by atoms with Crippen LogP contribution in [-0.2, 0) is 24.0 Å². The number of aliphatic carboxylic acids is 1. The summed E-state index contributed by atoms with van der Waals surface area (Å²) in [6.07, 6.45) is 1.13. The van der Waals surface area contributed by atoms with Gasteiger partial charge in [-0.2, -0.15) is 0 Å². The number of carbonyl (C=O) groups is 5. The van der Waals surface area contributed by atoms with E-state index in [9.17, 15) is 24.0 Å². The molecule has 1 fully saturated rings. The lowest BCUT2D eigenvalue weighted by Crippen LogP contribution is -2.57. The summed E-state index contributed by atoms with van der Waals surface area (Å²) in [6, 6.07) is -4.37. The third kappa shape index (κ3) is 8.37. The number of guanidine groups is 1. The Labute approximate surface area is 185 Å². The van der Waals surface area contributed by atoms with Gasteiger partial charge in [-0.1, -0.05) is 0 Å². The number of nitrogens with one attached hydrogen (secondary N) is 2. The molecule has 1 saturated heterocycles. The molecule has 4 amide bonds. The molecule has 0 bridgehead atoms. The van der Waals surface area contributed by atoms with Gasteiger partial charge in [0.25, 0.3) is 0 Å². The summed E-state index contributed by atoms with van der Waals surface area (Å²) in [5.74, 6) is -4.18. The van der Waals surface area contributed by atoms with Gasteiger partial charge in [-0.3, -0.25) is 29.0 Å². The molecular weight excluding hydrogens is 424 g/mol. The fourth-order valence-electron chi connectivity index (χ4n) is 3.21. The number of carboxylic acids is 1. The molecule has 4 atom stereocenters. The van der Waals surface area contributed by atoms with Crippen LogP contribution in [0.4, 0.5) is 0 Å². The number of likely N-dealkylation sites (tertiary alicyclic amines) is 1. The van der Waals surface area contributed by atoms with E-state index in [0.29, 0.717) is 38.8 Å². The fourth-order valence-corrected chi connectivity index (χ4v) is 3.21. The van der Waals surface area contributed by atoms with Crippen LogP contribution in [0.1, 0.15) is 39.0 Å². The van der Waals surface area contributed by atoms with E-state index in [4.69, 9.17) is 28.0 Å². The molecule has 0 spiro atoms. The van der Waals surface area contributed by atoms with Gasteiger partial charge in [0.2, 0.25) is 23.6 Å². The molecule has 0 aliphatic carbocycles. The number of nitrogens with two attached hydrogens (primary N) is 4. The Morgan fingerprint density at radius 3 is 2.38 bits per heavy atom. The number of nitrogens with zero attached hydrogens (tertiary/aromatic N) is 2. The van der Waals surface area contributed by atoms with E-state index in [1.165, 1.54) is 11.8 Å². The van der Waals surface area contributed by atoms with Gasteiger partial charge >= 0.3 is 5.97 Å². The minimum absolute atomic E-state index is 0.0616. The highest BCUT2D eigenvalue weighted by atomic mass is 16.4. The van der Waals surface area contributed by atoms with E-state index >= 15 is 0 Å². The summed E-state index contributed by atoms with van der Waals surface area (Å²) < 4.78 is 0. The Morgan fingerprint density at radius 2 is 1.81 bits per heavy atom. The molecule has 1 aliphatic rings. The summed E-state index contributed by atoms with van der Waals surface area (Å²) in [5.41, 5.74) is 21.6. The average molecular weight is 457 g/mol. The Balaban J connectivity index is 2.78. The van der Waals surface area contributed by atoms with E-state index in [-0.39, 0.29) is 5.96 Å². The van der Waals surface area contributed by atoms with Crippen LogP contribution in [0, 0.1) is 0 Å². The Hall–Kier alpha value is -3.42. The molecule has 1 heterocycles. The first-order valence-electron chi connectivity index (χ1n) is 10.2. The molecule has 14 heteroatoms. The highest BCUT2D eigenvalue weighted by Crippen LogP contribution is 2.19. The molecule has 0 aromatic rings. The van der Waals surface area contributed by atoms with Crippen LogP contribution < -0.4 is 33.6 Å². The highest BCUT2D eigenvalue weighted by molar-refractivity contribution is 5.96. The second-order valence-corrected chi connectivity index (χ2v) is 7.55. The molecule has 14 nitrogen and oxygen atoms in total. The van der Waals surface area contributed by atoms with Crippen molar-refractivity contribution in [3.05, 3.63) is 0 Å². The zero-order chi connectivity index (χ0) is 24.4. The molecule has 0 aromatic heterocycles. The average Bonchev–Trinajstić information content (AvgIpc) is 3.19. The van der Waals surface area contributed by atoms with Crippen molar-refractivity contribution < 1.29 is 29.1 Å². The van der Waals surface area contributed by atoms with Gasteiger partial charge in [0.15, 0.2) is 5.96 Å². The summed E-state index contributed by atoms with van der Waals surface area (Å²) in [6.45, 7) is 1.85. The van der Waals surface area contributed by atoms with Crippen LogP contribution >= 0.6 is 0 Å². The first-order valence-corrected chi connectivity index (χ1v) is 10.2. The van der Waals surface area contributed by atoms with Gasteiger partial charge in [-0.05, 0) is 32.6 Å². The number of carbonyl (C=O) groups excluding carboxylic acids is 4.